The highest BCUT2D eigenvalue weighted by molar-refractivity contribution is 5.55. The first-order chi connectivity index (χ1) is 4.66. The van der Waals surface area contributed by atoms with E-state index in [1.807, 2.05) is 0 Å². The molecule has 0 aromatic rings. The van der Waals surface area contributed by atoms with Crippen LogP contribution in [0.15, 0.2) is 11.6 Å². The van der Waals surface area contributed by atoms with Gasteiger partial charge in [-0.2, -0.15) is 0 Å². The highest BCUT2D eigenvalue weighted by Gasteiger charge is 1.93. The molecule has 0 aromatic carbocycles. The molecule has 0 aromatic heterocycles. The molecule has 0 saturated heterocycles. The molecule has 1 N–H and O–H groups in total. The predicted octanol–water partition coefficient (Wildman–Crippen LogP) is 3.02. The van der Waals surface area contributed by atoms with Gasteiger partial charge in [-0.3, -0.25) is 0 Å². The molecule has 10 heavy (non-hydrogen) atoms. The van der Waals surface area contributed by atoms with Crippen molar-refractivity contribution in [1.82, 2.24) is 0 Å². The van der Waals surface area contributed by atoms with Crippen molar-refractivity contribution in [2.24, 2.45) is 5.92 Å². The topological polar surface area (TPSA) is 23.9 Å². The smallest absolute Gasteiger partial charge is 0.00194 e. The first-order valence-electron chi connectivity index (χ1n) is 3.80. The maximum Gasteiger partial charge on any atom is -0.00194 e. The first kappa shape index (κ1) is 9.41. The summed E-state index contributed by atoms with van der Waals surface area (Å²) in [5, 5.41) is 6.95. The highest BCUT2D eigenvalue weighted by Crippen LogP contribution is 2.04. The molecule has 0 rings (SSSR count). The van der Waals surface area contributed by atoms with Gasteiger partial charge in [-0.25, -0.2) is 0 Å². The Kier molecular flexibility index (Phi) is 4.91. The third kappa shape index (κ3) is 5.54. The summed E-state index contributed by atoms with van der Waals surface area (Å²) in [6.45, 7) is 6.29. The molecule has 0 bridgehead atoms. The van der Waals surface area contributed by atoms with E-state index in [1.165, 1.54) is 11.8 Å². The fraction of sp³-hybridized carbons (Fsp3) is 0.667. The Morgan fingerprint density at radius 3 is 2.50 bits per heavy atom. The molecular formula is C9H17N. The van der Waals surface area contributed by atoms with Crippen molar-refractivity contribution in [3.05, 3.63) is 11.6 Å². The van der Waals surface area contributed by atoms with E-state index in [0.717, 1.165) is 12.8 Å². The van der Waals surface area contributed by atoms with Gasteiger partial charge >= 0.3 is 0 Å². The van der Waals surface area contributed by atoms with Crippen molar-refractivity contribution in [3.8, 4) is 0 Å². The van der Waals surface area contributed by atoms with Crippen LogP contribution < -0.4 is 0 Å². The highest BCUT2D eigenvalue weighted by atomic mass is 14.3. The van der Waals surface area contributed by atoms with Crippen LogP contribution in [0.3, 0.4) is 0 Å². The van der Waals surface area contributed by atoms with Gasteiger partial charge in [0.25, 0.3) is 0 Å². The summed E-state index contributed by atoms with van der Waals surface area (Å²) in [5.41, 5.74) is 1.37. The Morgan fingerprint density at radius 2 is 2.10 bits per heavy atom. The van der Waals surface area contributed by atoms with Crippen molar-refractivity contribution in [2.75, 3.05) is 0 Å². The SMILES string of the molecule is CC(C)=CCCC(C)C=N. The molecule has 0 spiro atoms. The zero-order valence-corrected chi connectivity index (χ0v) is 7.15. The molecule has 0 radical (unpaired) electrons. The average molecular weight is 139 g/mol. The molecule has 0 fully saturated rings. The second-order valence-corrected chi connectivity index (χ2v) is 3.00. The molecular weight excluding hydrogens is 122 g/mol. The van der Waals surface area contributed by atoms with E-state index < -0.39 is 0 Å². The Bertz CT molecular complexity index is 121. The maximum atomic E-state index is 6.95. The lowest BCUT2D eigenvalue weighted by Gasteiger charge is -1.99. The Labute approximate surface area is 63.7 Å². The van der Waals surface area contributed by atoms with Gasteiger partial charge in [0, 0.05) is 0 Å². The van der Waals surface area contributed by atoms with E-state index in [0.29, 0.717) is 5.92 Å². The van der Waals surface area contributed by atoms with Gasteiger partial charge in [0.05, 0.1) is 0 Å². The minimum Gasteiger partial charge on any atom is -0.313 e. The van der Waals surface area contributed by atoms with Gasteiger partial charge in [0.15, 0.2) is 0 Å². The molecule has 0 aliphatic heterocycles. The van der Waals surface area contributed by atoms with Crippen molar-refractivity contribution >= 4 is 6.21 Å². The molecule has 0 aliphatic carbocycles. The van der Waals surface area contributed by atoms with E-state index in [4.69, 9.17) is 5.41 Å². The van der Waals surface area contributed by atoms with Crippen molar-refractivity contribution in [2.45, 2.75) is 33.6 Å². The average Bonchev–Trinajstić information content (AvgIpc) is 1.87. The van der Waals surface area contributed by atoms with Crippen molar-refractivity contribution in [3.63, 3.8) is 0 Å². The summed E-state index contributed by atoms with van der Waals surface area (Å²) in [4.78, 5) is 0. The van der Waals surface area contributed by atoms with E-state index in [2.05, 4.69) is 26.8 Å². The lowest BCUT2D eigenvalue weighted by Crippen LogP contribution is -1.92. The summed E-state index contributed by atoms with van der Waals surface area (Å²) in [6.07, 6.45) is 5.95. The number of rotatable bonds is 4. The van der Waals surface area contributed by atoms with E-state index >= 15 is 0 Å². The van der Waals surface area contributed by atoms with Crippen molar-refractivity contribution < 1.29 is 0 Å². The zero-order chi connectivity index (χ0) is 7.98. The minimum absolute atomic E-state index is 0.440. The van der Waals surface area contributed by atoms with Crippen LogP contribution in [0.5, 0.6) is 0 Å². The molecule has 1 nitrogen and oxygen atoms in total. The second-order valence-electron chi connectivity index (χ2n) is 3.00. The van der Waals surface area contributed by atoms with Crippen LogP contribution in [-0.2, 0) is 0 Å². The molecule has 0 aliphatic rings. The van der Waals surface area contributed by atoms with Crippen LogP contribution in [0.2, 0.25) is 0 Å². The molecule has 58 valence electrons. The molecule has 0 saturated carbocycles. The maximum absolute atomic E-state index is 6.95. The van der Waals surface area contributed by atoms with Crippen LogP contribution in [0.4, 0.5) is 0 Å². The molecule has 0 amide bonds. The standard InChI is InChI=1S/C9H17N/c1-8(2)5-4-6-9(3)7-10/h5,7,9-10H,4,6H2,1-3H3. The van der Waals surface area contributed by atoms with Gasteiger partial charge in [0.2, 0.25) is 0 Å². The third-order valence-electron chi connectivity index (χ3n) is 1.46. The fourth-order valence-electron chi connectivity index (χ4n) is 0.718. The molecule has 1 atom stereocenters. The third-order valence-corrected chi connectivity index (χ3v) is 1.46. The number of nitrogens with one attached hydrogen (secondary N) is 1. The number of hydrogen-bond donors (Lipinski definition) is 1. The first-order valence-corrected chi connectivity index (χ1v) is 3.80. The van der Waals surface area contributed by atoms with Gasteiger partial charge in [-0.05, 0) is 38.8 Å². The largest absolute Gasteiger partial charge is 0.313 e. The van der Waals surface area contributed by atoms with Crippen LogP contribution in [0.1, 0.15) is 33.6 Å². The van der Waals surface area contributed by atoms with E-state index in [9.17, 15) is 0 Å². The zero-order valence-electron chi connectivity index (χ0n) is 7.15. The predicted molar refractivity (Wildman–Crippen MR) is 46.6 cm³/mol. The summed E-state index contributed by atoms with van der Waals surface area (Å²) in [7, 11) is 0. The van der Waals surface area contributed by atoms with Crippen LogP contribution in [0, 0.1) is 11.3 Å². The van der Waals surface area contributed by atoms with Crippen LogP contribution >= 0.6 is 0 Å². The summed E-state index contributed by atoms with van der Waals surface area (Å²) in [5.74, 6) is 0.440. The quantitative estimate of drug-likeness (QED) is 0.457. The molecule has 0 heterocycles. The minimum atomic E-state index is 0.440. The monoisotopic (exact) mass is 139 g/mol. The Morgan fingerprint density at radius 1 is 1.50 bits per heavy atom. The molecule has 1 heteroatoms. The normalized spacial score (nSPS) is 12.3. The van der Waals surface area contributed by atoms with Gasteiger partial charge < -0.3 is 5.41 Å². The van der Waals surface area contributed by atoms with Gasteiger partial charge in [-0.15, -0.1) is 0 Å². The summed E-state index contributed by atoms with van der Waals surface area (Å²) >= 11 is 0. The van der Waals surface area contributed by atoms with E-state index in [1.54, 1.807) is 0 Å². The summed E-state index contributed by atoms with van der Waals surface area (Å²) in [6, 6.07) is 0. The molecule has 1 unspecified atom stereocenters. The van der Waals surface area contributed by atoms with E-state index in [-0.39, 0.29) is 0 Å². The summed E-state index contributed by atoms with van der Waals surface area (Å²) < 4.78 is 0. The number of hydrogen-bond acceptors (Lipinski definition) is 1. The Hall–Kier alpha value is -0.590. The van der Waals surface area contributed by atoms with Crippen LogP contribution in [-0.4, -0.2) is 6.21 Å². The van der Waals surface area contributed by atoms with Crippen molar-refractivity contribution in [1.29, 1.82) is 5.41 Å². The van der Waals surface area contributed by atoms with Gasteiger partial charge in [0.1, 0.15) is 0 Å². The lowest BCUT2D eigenvalue weighted by molar-refractivity contribution is 0.701. The lowest BCUT2D eigenvalue weighted by atomic mass is 10.1. The van der Waals surface area contributed by atoms with Gasteiger partial charge in [-0.1, -0.05) is 18.6 Å². The number of allylic oxidation sites excluding steroid dienone is 2. The van der Waals surface area contributed by atoms with Crippen LogP contribution in [0.25, 0.3) is 0 Å². The Balaban J connectivity index is 3.36. The fourth-order valence-corrected chi connectivity index (χ4v) is 0.718. The second kappa shape index (κ2) is 5.21.